The number of hydrogen-bond donors (Lipinski definition) is 1. The molecule has 0 atom stereocenters. The fourth-order valence-electron chi connectivity index (χ4n) is 2.10. The van der Waals surface area contributed by atoms with Gasteiger partial charge in [-0.1, -0.05) is 6.07 Å². The fraction of sp³-hybridized carbons (Fsp3) is 0.167. The fourth-order valence-corrected chi connectivity index (χ4v) is 2.10. The minimum atomic E-state index is -0.238. The Kier molecular flexibility index (Phi) is 2.18. The van der Waals surface area contributed by atoms with E-state index in [1.165, 1.54) is 18.5 Å². The minimum absolute atomic E-state index is 0.238. The number of fused-ring (bicyclic) bond motifs is 1. The molecule has 3 rings (SSSR count). The normalized spacial score (nSPS) is 13.8. The maximum Gasteiger partial charge on any atom is 0.138 e. The average Bonchev–Trinajstić information content (AvgIpc) is 2.71. The molecule has 0 radical (unpaired) electrons. The van der Waals surface area contributed by atoms with Crippen LogP contribution in [0.4, 0.5) is 21.7 Å². The molecule has 0 spiro atoms. The second kappa shape index (κ2) is 3.69. The standard InChI is InChI=1S/C12H11FN4/c13-9-2-1-8-3-4-17(10(8)5-9)12-6-11(14)15-7-16-12/h1-2,5-7H,3-4H2,(H2,14,15,16). The number of nitrogen functional groups attached to an aromatic ring is 1. The summed E-state index contributed by atoms with van der Waals surface area (Å²) < 4.78 is 13.2. The van der Waals surface area contributed by atoms with Crippen LogP contribution in [0, 0.1) is 5.82 Å². The average molecular weight is 230 g/mol. The van der Waals surface area contributed by atoms with Crippen molar-refractivity contribution in [3.63, 3.8) is 0 Å². The Morgan fingerprint density at radius 2 is 2.12 bits per heavy atom. The summed E-state index contributed by atoms with van der Waals surface area (Å²) in [5.41, 5.74) is 7.62. The van der Waals surface area contributed by atoms with Crippen molar-refractivity contribution in [2.75, 3.05) is 17.2 Å². The summed E-state index contributed by atoms with van der Waals surface area (Å²) in [4.78, 5) is 9.97. The molecule has 2 aromatic rings. The molecule has 4 nitrogen and oxygen atoms in total. The quantitative estimate of drug-likeness (QED) is 0.812. The van der Waals surface area contributed by atoms with E-state index >= 15 is 0 Å². The molecule has 86 valence electrons. The van der Waals surface area contributed by atoms with Crippen molar-refractivity contribution in [2.24, 2.45) is 0 Å². The van der Waals surface area contributed by atoms with E-state index in [0.29, 0.717) is 11.6 Å². The van der Waals surface area contributed by atoms with Crippen LogP contribution in [0.25, 0.3) is 0 Å². The minimum Gasteiger partial charge on any atom is -0.384 e. The molecule has 17 heavy (non-hydrogen) atoms. The molecular formula is C12H11FN4. The van der Waals surface area contributed by atoms with Gasteiger partial charge in [0.15, 0.2) is 0 Å². The predicted octanol–water partition coefficient (Wildman–Crippen LogP) is 1.89. The van der Waals surface area contributed by atoms with E-state index in [1.807, 2.05) is 11.0 Å². The first kappa shape index (κ1) is 10.0. The summed E-state index contributed by atoms with van der Waals surface area (Å²) in [5.74, 6) is 0.888. The molecular weight excluding hydrogens is 219 g/mol. The highest BCUT2D eigenvalue weighted by Crippen LogP contribution is 2.33. The van der Waals surface area contributed by atoms with Gasteiger partial charge in [0.1, 0.15) is 23.8 Å². The monoisotopic (exact) mass is 230 g/mol. The summed E-state index contributed by atoms with van der Waals surface area (Å²) in [6.07, 6.45) is 2.31. The number of benzene rings is 1. The van der Waals surface area contributed by atoms with Crippen LogP contribution in [0.5, 0.6) is 0 Å². The van der Waals surface area contributed by atoms with Crippen molar-refractivity contribution >= 4 is 17.3 Å². The molecule has 0 fully saturated rings. The molecule has 5 heteroatoms. The lowest BCUT2D eigenvalue weighted by Crippen LogP contribution is -2.15. The highest BCUT2D eigenvalue weighted by atomic mass is 19.1. The van der Waals surface area contributed by atoms with Gasteiger partial charge in [-0.15, -0.1) is 0 Å². The van der Waals surface area contributed by atoms with Crippen LogP contribution in [-0.2, 0) is 6.42 Å². The van der Waals surface area contributed by atoms with E-state index in [0.717, 1.165) is 24.2 Å². The number of aromatic nitrogens is 2. The van der Waals surface area contributed by atoms with Gasteiger partial charge in [0.25, 0.3) is 0 Å². The van der Waals surface area contributed by atoms with Crippen LogP contribution in [0.15, 0.2) is 30.6 Å². The molecule has 1 aliphatic rings. The van der Waals surface area contributed by atoms with Crippen molar-refractivity contribution in [1.29, 1.82) is 0 Å². The highest BCUT2D eigenvalue weighted by Gasteiger charge is 2.21. The molecule has 0 unspecified atom stereocenters. The zero-order valence-electron chi connectivity index (χ0n) is 9.10. The van der Waals surface area contributed by atoms with Crippen molar-refractivity contribution < 1.29 is 4.39 Å². The summed E-state index contributed by atoms with van der Waals surface area (Å²) in [7, 11) is 0. The topological polar surface area (TPSA) is 55.0 Å². The molecule has 0 bridgehead atoms. The van der Waals surface area contributed by atoms with E-state index in [9.17, 15) is 4.39 Å². The first-order valence-electron chi connectivity index (χ1n) is 5.37. The Morgan fingerprint density at radius 1 is 1.24 bits per heavy atom. The molecule has 2 heterocycles. The van der Waals surface area contributed by atoms with Gasteiger partial charge in [0, 0.05) is 18.3 Å². The van der Waals surface area contributed by atoms with E-state index < -0.39 is 0 Å². The molecule has 0 saturated heterocycles. The number of nitrogens with zero attached hydrogens (tertiary/aromatic N) is 3. The van der Waals surface area contributed by atoms with Crippen LogP contribution < -0.4 is 10.6 Å². The molecule has 2 N–H and O–H groups in total. The molecule has 1 aliphatic heterocycles. The SMILES string of the molecule is Nc1cc(N2CCc3ccc(F)cc32)ncn1. The van der Waals surface area contributed by atoms with E-state index in [4.69, 9.17) is 5.73 Å². The molecule has 1 aromatic carbocycles. The lowest BCUT2D eigenvalue weighted by Gasteiger charge is -2.18. The molecule has 0 aliphatic carbocycles. The van der Waals surface area contributed by atoms with Crippen molar-refractivity contribution in [3.05, 3.63) is 42.0 Å². The molecule has 0 saturated carbocycles. The van der Waals surface area contributed by atoms with Crippen LogP contribution >= 0.6 is 0 Å². The first-order chi connectivity index (χ1) is 8.24. The number of hydrogen-bond acceptors (Lipinski definition) is 4. The van der Waals surface area contributed by atoms with E-state index in [1.54, 1.807) is 6.07 Å². The first-order valence-corrected chi connectivity index (χ1v) is 5.37. The van der Waals surface area contributed by atoms with Gasteiger partial charge < -0.3 is 10.6 Å². The number of rotatable bonds is 1. The van der Waals surface area contributed by atoms with E-state index in [2.05, 4.69) is 9.97 Å². The second-order valence-corrected chi connectivity index (χ2v) is 3.98. The lowest BCUT2D eigenvalue weighted by atomic mass is 10.2. The highest BCUT2D eigenvalue weighted by molar-refractivity contribution is 5.68. The maximum absolute atomic E-state index is 13.2. The van der Waals surface area contributed by atoms with Gasteiger partial charge in [0.05, 0.1) is 0 Å². The summed E-state index contributed by atoms with van der Waals surface area (Å²) >= 11 is 0. The molecule has 0 amide bonds. The molecule has 1 aromatic heterocycles. The number of halogens is 1. The Labute approximate surface area is 97.9 Å². The number of nitrogens with two attached hydrogens (primary N) is 1. The maximum atomic E-state index is 13.2. The van der Waals surface area contributed by atoms with Crippen LogP contribution in [0.2, 0.25) is 0 Å². The second-order valence-electron chi connectivity index (χ2n) is 3.98. The number of anilines is 3. The Bertz CT molecular complexity index is 570. The Balaban J connectivity index is 2.06. The van der Waals surface area contributed by atoms with Gasteiger partial charge in [-0.3, -0.25) is 0 Å². The zero-order chi connectivity index (χ0) is 11.8. The lowest BCUT2D eigenvalue weighted by molar-refractivity contribution is 0.628. The summed E-state index contributed by atoms with van der Waals surface area (Å²) in [5, 5.41) is 0. The third-order valence-electron chi connectivity index (χ3n) is 2.89. The van der Waals surface area contributed by atoms with Crippen molar-refractivity contribution in [1.82, 2.24) is 9.97 Å². The third kappa shape index (κ3) is 1.69. The van der Waals surface area contributed by atoms with Gasteiger partial charge in [0.2, 0.25) is 0 Å². The van der Waals surface area contributed by atoms with Crippen molar-refractivity contribution in [3.8, 4) is 0 Å². The van der Waals surface area contributed by atoms with Gasteiger partial charge in [-0.2, -0.15) is 0 Å². The Morgan fingerprint density at radius 3 is 2.94 bits per heavy atom. The third-order valence-corrected chi connectivity index (χ3v) is 2.89. The van der Waals surface area contributed by atoms with Gasteiger partial charge in [-0.05, 0) is 24.1 Å². The predicted molar refractivity (Wildman–Crippen MR) is 63.6 cm³/mol. The van der Waals surface area contributed by atoms with Gasteiger partial charge >= 0.3 is 0 Å². The van der Waals surface area contributed by atoms with Crippen LogP contribution in [0.3, 0.4) is 0 Å². The zero-order valence-corrected chi connectivity index (χ0v) is 9.10. The van der Waals surface area contributed by atoms with E-state index in [-0.39, 0.29) is 5.82 Å². The summed E-state index contributed by atoms with van der Waals surface area (Å²) in [6.45, 7) is 0.787. The Hall–Kier alpha value is -2.17. The largest absolute Gasteiger partial charge is 0.384 e. The van der Waals surface area contributed by atoms with Gasteiger partial charge in [-0.25, -0.2) is 14.4 Å². The summed E-state index contributed by atoms with van der Waals surface area (Å²) in [6, 6.07) is 6.52. The smallest absolute Gasteiger partial charge is 0.138 e. The van der Waals surface area contributed by atoms with Crippen LogP contribution in [-0.4, -0.2) is 16.5 Å². The van der Waals surface area contributed by atoms with Crippen LogP contribution in [0.1, 0.15) is 5.56 Å². The van der Waals surface area contributed by atoms with Crippen molar-refractivity contribution in [2.45, 2.75) is 6.42 Å².